The second-order valence-corrected chi connectivity index (χ2v) is 9.17. The maximum Gasteiger partial charge on any atom is 0.338 e. The molecule has 4 aromatic rings. The van der Waals surface area contributed by atoms with E-state index in [1.165, 1.54) is 0 Å². The Bertz CT molecular complexity index is 1400. The Kier molecular flexibility index (Phi) is 9.85. The molecule has 204 valence electrons. The van der Waals surface area contributed by atoms with Crippen molar-refractivity contribution in [2.45, 2.75) is 13.5 Å². The van der Waals surface area contributed by atoms with Crippen molar-refractivity contribution < 1.29 is 24.1 Å². The first-order chi connectivity index (χ1) is 19.0. The molecule has 0 aliphatic carbocycles. The van der Waals surface area contributed by atoms with Crippen LogP contribution in [0.5, 0.6) is 5.75 Å². The van der Waals surface area contributed by atoms with Crippen molar-refractivity contribution in [1.82, 2.24) is 9.88 Å². The molecule has 0 saturated heterocycles. The maximum atomic E-state index is 12.2. The van der Waals surface area contributed by atoms with Gasteiger partial charge in [0.05, 0.1) is 48.9 Å². The number of esters is 1. The molecule has 1 aromatic heterocycles. The van der Waals surface area contributed by atoms with E-state index in [4.69, 9.17) is 19.2 Å². The average Bonchev–Trinajstić information content (AvgIpc) is 3.28. The largest absolute Gasteiger partial charge is 0.505 e. The normalized spacial score (nSPS) is 11.8. The third kappa shape index (κ3) is 7.32. The summed E-state index contributed by atoms with van der Waals surface area (Å²) in [5, 5.41) is 11.7. The highest BCUT2D eigenvalue weighted by atomic mass is 16.5. The number of nitrogens with zero attached hydrogens (tertiary/aromatic N) is 2. The zero-order valence-corrected chi connectivity index (χ0v) is 22.6. The highest BCUT2D eigenvalue weighted by Gasteiger charge is 2.19. The lowest BCUT2D eigenvalue weighted by Crippen LogP contribution is -2.23. The van der Waals surface area contributed by atoms with Gasteiger partial charge in [0.1, 0.15) is 5.69 Å². The minimum Gasteiger partial charge on any atom is -0.505 e. The SMILES string of the molecule is CCOC(=O)c1ccc2c(O)c(C(=Nc3ccc(CN(C)CCOCCOC)cc3)c3ccccc3)[nH]c2c1. The summed E-state index contributed by atoms with van der Waals surface area (Å²) in [7, 11) is 3.73. The molecule has 0 fully saturated rings. The number of rotatable bonds is 13. The van der Waals surface area contributed by atoms with Crippen LogP contribution in [-0.4, -0.2) is 73.8 Å². The number of benzene rings is 3. The predicted octanol–water partition coefficient (Wildman–Crippen LogP) is 5.31. The highest BCUT2D eigenvalue weighted by molar-refractivity contribution is 6.17. The molecule has 4 rings (SSSR count). The minimum atomic E-state index is -0.406. The number of aromatic amines is 1. The van der Waals surface area contributed by atoms with Crippen LogP contribution < -0.4 is 0 Å². The number of aromatic hydroxyl groups is 1. The van der Waals surface area contributed by atoms with Crippen molar-refractivity contribution in [2.24, 2.45) is 4.99 Å². The molecule has 0 bridgehead atoms. The van der Waals surface area contributed by atoms with Crippen molar-refractivity contribution in [1.29, 1.82) is 0 Å². The number of likely N-dealkylation sites (N-methyl/N-ethyl adjacent to an activating group) is 1. The Morgan fingerprint density at radius 1 is 0.974 bits per heavy atom. The van der Waals surface area contributed by atoms with Gasteiger partial charge in [0, 0.05) is 31.1 Å². The fraction of sp³-hybridized carbons (Fsp3) is 0.290. The number of fused-ring (bicyclic) bond motifs is 1. The van der Waals surface area contributed by atoms with Gasteiger partial charge in [0.15, 0.2) is 5.75 Å². The highest BCUT2D eigenvalue weighted by Crippen LogP contribution is 2.32. The van der Waals surface area contributed by atoms with Crippen LogP contribution >= 0.6 is 0 Å². The van der Waals surface area contributed by atoms with Gasteiger partial charge in [-0.2, -0.15) is 0 Å². The number of hydrogen-bond donors (Lipinski definition) is 2. The van der Waals surface area contributed by atoms with E-state index in [0.29, 0.717) is 54.3 Å². The zero-order chi connectivity index (χ0) is 27.6. The summed E-state index contributed by atoms with van der Waals surface area (Å²) in [4.78, 5) is 22.6. The van der Waals surface area contributed by atoms with Gasteiger partial charge in [-0.3, -0.25) is 4.90 Å². The van der Waals surface area contributed by atoms with Gasteiger partial charge >= 0.3 is 5.97 Å². The van der Waals surface area contributed by atoms with Crippen LogP contribution in [0.3, 0.4) is 0 Å². The van der Waals surface area contributed by atoms with Gasteiger partial charge in [0.2, 0.25) is 0 Å². The van der Waals surface area contributed by atoms with Crippen molar-refractivity contribution in [3.8, 4) is 5.75 Å². The molecule has 8 nitrogen and oxygen atoms in total. The average molecular weight is 530 g/mol. The molecule has 0 radical (unpaired) electrons. The summed E-state index contributed by atoms with van der Waals surface area (Å²) in [5.41, 5.74) is 4.89. The second-order valence-electron chi connectivity index (χ2n) is 9.17. The first-order valence-electron chi connectivity index (χ1n) is 13.0. The Morgan fingerprint density at radius 3 is 2.46 bits per heavy atom. The predicted molar refractivity (Wildman–Crippen MR) is 153 cm³/mol. The van der Waals surface area contributed by atoms with Gasteiger partial charge < -0.3 is 24.3 Å². The third-order valence-electron chi connectivity index (χ3n) is 6.25. The Morgan fingerprint density at radius 2 is 1.74 bits per heavy atom. The number of methoxy groups -OCH3 is 1. The molecule has 0 amide bonds. The van der Waals surface area contributed by atoms with Crippen LogP contribution in [0.1, 0.15) is 34.1 Å². The first kappa shape index (κ1) is 28.0. The molecule has 0 unspecified atom stereocenters. The van der Waals surface area contributed by atoms with Gasteiger partial charge in [-0.15, -0.1) is 0 Å². The van der Waals surface area contributed by atoms with Crippen LogP contribution in [0, 0.1) is 0 Å². The number of aromatic nitrogens is 1. The minimum absolute atomic E-state index is 0.0778. The molecule has 3 aromatic carbocycles. The van der Waals surface area contributed by atoms with Crippen LogP contribution in [0.2, 0.25) is 0 Å². The second kappa shape index (κ2) is 13.7. The van der Waals surface area contributed by atoms with Crippen molar-refractivity contribution >= 4 is 28.3 Å². The Balaban J connectivity index is 1.59. The smallest absolute Gasteiger partial charge is 0.338 e. The van der Waals surface area contributed by atoms with Gasteiger partial charge in [-0.1, -0.05) is 42.5 Å². The summed E-state index contributed by atoms with van der Waals surface area (Å²) in [6.45, 7) is 5.51. The van der Waals surface area contributed by atoms with Gasteiger partial charge in [-0.05, 0) is 49.9 Å². The van der Waals surface area contributed by atoms with Crippen LogP contribution in [-0.2, 0) is 20.8 Å². The van der Waals surface area contributed by atoms with E-state index in [0.717, 1.165) is 29.9 Å². The van der Waals surface area contributed by atoms with E-state index in [-0.39, 0.29) is 5.75 Å². The quantitative estimate of drug-likeness (QED) is 0.138. The van der Waals surface area contributed by atoms with Gasteiger partial charge in [0.25, 0.3) is 0 Å². The topological polar surface area (TPSA) is 96.4 Å². The molecule has 1 heterocycles. The van der Waals surface area contributed by atoms with E-state index in [9.17, 15) is 9.90 Å². The number of carbonyl (C=O) groups excluding carboxylic acids is 1. The molecule has 2 N–H and O–H groups in total. The number of ether oxygens (including phenoxy) is 3. The monoisotopic (exact) mass is 529 g/mol. The fourth-order valence-electron chi connectivity index (χ4n) is 4.22. The van der Waals surface area contributed by atoms with E-state index >= 15 is 0 Å². The molecular formula is C31H35N3O5. The lowest BCUT2D eigenvalue weighted by Gasteiger charge is -2.16. The van der Waals surface area contributed by atoms with Crippen LogP contribution in [0.15, 0.2) is 77.8 Å². The van der Waals surface area contributed by atoms with E-state index in [2.05, 4.69) is 29.1 Å². The molecule has 0 aliphatic rings. The molecule has 0 aliphatic heterocycles. The lowest BCUT2D eigenvalue weighted by molar-refractivity contribution is 0.0526. The summed E-state index contributed by atoms with van der Waals surface area (Å²) < 4.78 is 15.7. The number of hydrogen-bond acceptors (Lipinski definition) is 7. The molecule has 8 heteroatoms. The number of aliphatic imine (C=N–C) groups is 1. The Labute approximate surface area is 228 Å². The molecule has 39 heavy (non-hydrogen) atoms. The first-order valence-corrected chi connectivity index (χ1v) is 13.0. The summed E-state index contributed by atoms with van der Waals surface area (Å²) >= 11 is 0. The van der Waals surface area contributed by atoms with E-state index < -0.39 is 5.97 Å². The third-order valence-corrected chi connectivity index (χ3v) is 6.25. The van der Waals surface area contributed by atoms with Crippen LogP contribution in [0.4, 0.5) is 5.69 Å². The maximum absolute atomic E-state index is 12.2. The van der Waals surface area contributed by atoms with Gasteiger partial charge in [-0.25, -0.2) is 9.79 Å². The summed E-state index contributed by atoms with van der Waals surface area (Å²) in [5.74, 6) is -0.328. The number of carbonyl (C=O) groups is 1. The number of nitrogens with one attached hydrogen (secondary N) is 1. The molecule has 0 spiro atoms. The zero-order valence-electron chi connectivity index (χ0n) is 22.6. The standard InChI is InChI=1S/C31H35N3O5/c1-4-39-31(36)24-12-15-26-27(20-24)33-29(30(26)35)28(23-8-6-5-7-9-23)32-25-13-10-22(11-14-25)21-34(2)16-17-38-19-18-37-3/h5-15,20,33,35H,4,16-19,21H2,1-3H3. The fourth-order valence-corrected chi connectivity index (χ4v) is 4.22. The van der Waals surface area contributed by atoms with Crippen molar-refractivity contribution in [2.75, 3.05) is 47.1 Å². The van der Waals surface area contributed by atoms with Crippen molar-refractivity contribution in [3.63, 3.8) is 0 Å². The van der Waals surface area contributed by atoms with E-state index in [1.54, 1.807) is 32.2 Å². The molecule has 0 atom stereocenters. The Hall–Kier alpha value is -3.98. The summed E-state index contributed by atoms with van der Waals surface area (Å²) in [6, 6.07) is 22.8. The molecular weight excluding hydrogens is 494 g/mol. The van der Waals surface area contributed by atoms with Crippen LogP contribution in [0.25, 0.3) is 10.9 Å². The molecule has 0 saturated carbocycles. The van der Waals surface area contributed by atoms with E-state index in [1.807, 2.05) is 42.5 Å². The lowest BCUT2D eigenvalue weighted by atomic mass is 10.1. The number of H-pyrrole nitrogens is 1. The summed E-state index contributed by atoms with van der Waals surface area (Å²) in [6.07, 6.45) is 0. The van der Waals surface area contributed by atoms with Crippen molar-refractivity contribution in [3.05, 3.63) is 95.2 Å².